The number of nitrogens with one attached hydrogen (secondary N) is 1. The van der Waals surface area contributed by atoms with Gasteiger partial charge in [-0.3, -0.25) is 4.40 Å². The lowest BCUT2D eigenvalue weighted by Crippen LogP contribution is -2.23. The van der Waals surface area contributed by atoms with E-state index in [0.29, 0.717) is 12.5 Å². The molecule has 140 valence electrons. The fraction of sp³-hybridized carbons (Fsp3) is 0.350. The van der Waals surface area contributed by atoms with Crippen molar-refractivity contribution in [2.75, 3.05) is 6.54 Å². The Morgan fingerprint density at radius 2 is 2.11 bits per heavy atom. The molecule has 1 fully saturated rings. The van der Waals surface area contributed by atoms with Crippen LogP contribution in [0.2, 0.25) is 0 Å². The number of hydrogen-bond acceptors (Lipinski definition) is 5. The Morgan fingerprint density at radius 3 is 2.89 bits per heavy atom. The van der Waals surface area contributed by atoms with Crippen molar-refractivity contribution >= 4 is 23.5 Å². The summed E-state index contributed by atoms with van der Waals surface area (Å²) >= 11 is 1.66. The van der Waals surface area contributed by atoms with Crippen molar-refractivity contribution in [1.29, 1.82) is 0 Å². The van der Waals surface area contributed by atoms with Crippen molar-refractivity contribution in [3.63, 3.8) is 0 Å². The molecule has 0 spiro atoms. The van der Waals surface area contributed by atoms with Crippen LogP contribution in [0.25, 0.3) is 5.65 Å². The number of pyridine rings is 1. The summed E-state index contributed by atoms with van der Waals surface area (Å²) in [6.07, 6.45) is 5.37. The van der Waals surface area contributed by atoms with Crippen molar-refractivity contribution in [3.8, 4) is 0 Å². The topological polar surface area (TPSA) is 68.5 Å². The zero-order chi connectivity index (χ0) is 18.6. The third kappa shape index (κ3) is 3.93. The summed E-state index contributed by atoms with van der Waals surface area (Å²) in [6, 6.07) is 12.0. The molecule has 7 heteroatoms. The lowest BCUT2D eigenvalue weighted by Gasteiger charge is -2.23. The van der Waals surface area contributed by atoms with Gasteiger partial charge >= 0.3 is 6.09 Å². The minimum atomic E-state index is -0.395. The first-order chi connectivity index (χ1) is 13.2. The van der Waals surface area contributed by atoms with Crippen LogP contribution < -0.4 is 5.32 Å². The van der Waals surface area contributed by atoms with Crippen LogP contribution in [0.3, 0.4) is 0 Å². The largest absolute Gasteiger partial charge is 0.445 e. The Bertz CT molecular complexity index is 952. The molecule has 0 unspecified atom stereocenters. The predicted octanol–water partition coefficient (Wildman–Crippen LogP) is 4.39. The second-order valence-corrected chi connectivity index (χ2v) is 7.71. The first kappa shape index (κ1) is 17.9. The average molecular weight is 382 g/mol. The number of nitrogens with zero attached hydrogens (tertiary/aromatic N) is 3. The molecule has 0 bridgehead atoms. The average Bonchev–Trinajstić information content (AvgIpc) is 3.03. The normalized spacial score (nSPS) is 14.1. The van der Waals surface area contributed by atoms with Gasteiger partial charge in [0.2, 0.25) is 0 Å². The molecule has 1 aromatic carbocycles. The van der Waals surface area contributed by atoms with Crippen molar-refractivity contribution in [2.24, 2.45) is 0 Å². The highest BCUT2D eigenvalue weighted by Gasteiger charge is 2.24. The molecule has 6 nitrogen and oxygen atoms in total. The van der Waals surface area contributed by atoms with Gasteiger partial charge in [-0.15, -0.1) is 10.2 Å². The first-order valence-corrected chi connectivity index (χ1v) is 10.1. The number of amides is 1. The van der Waals surface area contributed by atoms with E-state index in [4.69, 9.17) is 4.74 Å². The van der Waals surface area contributed by atoms with Gasteiger partial charge in [-0.25, -0.2) is 4.79 Å². The molecule has 1 aliphatic carbocycles. The van der Waals surface area contributed by atoms with Crippen molar-refractivity contribution in [1.82, 2.24) is 19.9 Å². The van der Waals surface area contributed by atoms with Crippen LogP contribution in [0.5, 0.6) is 0 Å². The number of fused-ring (bicyclic) bond motifs is 1. The Balaban J connectivity index is 1.54. The summed E-state index contributed by atoms with van der Waals surface area (Å²) in [5, 5.41) is 11.3. The van der Waals surface area contributed by atoms with E-state index in [0.717, 1.165) is 26.8 Å². The van der Waals surface area contributed by atoms with Crippen LogP contribution >= 0.6 is 11.8 Å². The third-order valence-corrected chi connectivity index (χ3v) is 5.85. The van der Waals surface area contributed by atoms with Crippen LogP contribution in [-0.2, 0) is 11.3 Å². The quantitative estimate of drug-likeness (QED) is 0.685. The molecule has 0 radical (unpaired) electrons. The van der Waals surface area contributed by atoms with Gasteiger partial charge in [-0.2, -0.15) is 0 Å². The molecule has 4 rings (SSSR count). The van der Waals surface area contributed by atoms with Gasteiger partial charge in [0.1, 0.15) is 12.4 Å². The zero-order valence-electron chi connectivity index (χ0n) is 15.2. The summed E-state index contributed by atoms with van der Waals surface area (Å²) in [6.45, 7) is 2.67. The fourth-order valence-electron chi connectivity index (χ4n) is 3.08. The van der Waals surface area contributed by atoms with Gasteiger partial charge in [-0.05, 0) is 38.0 Å². The minimum absolute atomic E-state index is 0.247. The SMILES string of the molecule is CCNC(=O)OCc1ccccc1Sc1ccc2nnc(C3CCC3)n2c1. The lowest BCUT2D eigenvalue weighted by molar-refractivity contribution is 0.139. The molecule has 1 aliphatic rings. The molecular formula is C20H22N4O2S. The maximum atomic E-state index is 11.6. The maximum absolute atomic E-state index is 11.6. The number of rotatable bonds is 6. The van der Waals surface area contributed by atoms with Crippen LogP contribution in [0.15, 0.2) is 52.4 Å². The molecule has 1 saturated carbocycles. The van der Waals surface area contributed by atoms with Gasteiger partial charge in [-0.1, -0.05) is 36.4 Å². The van der Waals surface area contributed by atoms with E-state index in [1.54, 1.807) is 11.8 Å². The molecule has 1 amide bonds. The zero-order valence-corrected chi connectivity index (χ0v) is 16.0. The van der Waals surface area contributed by atoms with Gasteiger partial charge < -0.3 is 10.1 Å². The van der Waals surface area contributed by atoms with Crippen molar-refractivity contribution < 1.29 is 9.53 Å². The van der Waals surface area contributed by atoms with Gasteiger partial charge in [0.15, 0.2) is 5.65 Å². The van der Waals surface area contributed by atoms with Crippen LogP contribution in [0.1, 0.15) is 43.5 Å². The number of carbonyl (C=O) groups excluding carboxylic acids is 1. The van der Waals surface area contributed by atoms with E-state index in [-0.39, 0.29) is 6.61 Å². The molecule has 1 N–H and O–H groups in total. The van der Waals surface area contributed by atoms with Crippen LogP contribution in [-0.4, -0.2) is 27.2 Å². The number of hydrogen-bond donors (Lipinski definition) is 1. The Kier molecular flexibility index (Phi) is 5.29. The summed E-state index contributed by atoms with van der Waals surface area (Å²) in [5.74, 6) is 1.59. The van der Waals surface area contributed by atoms with Gasteiger partial charge in [0, 0.05) is 34.0 Å². The number of ether oxygens (including phenoxy) is 1. The molecule has 27 heavy (non-hydrogen) atoms. The molecule has 0 saturated heterocycles. The fourth-order valence-corrected chi connectivity index (χ4v) is 4.04. The maximum Gasteiger partial charge on any atom is 0.407 e. The number of carbonyl (C=O) groups is 1. The Morgan fingerprint density at radius 1 is 1.26 bits per heavy atom. The first-order valence-electron chi connectivity index (χ1n) is 9.25. The minimum Gasteiger partial charge on any atom is -0.445 e. The van der Waals surface area contributed by atoms with Gasteiger partial charge in [0.25, 0.3) is 0 Å². The molecule has 3 aromatic rings. The monoisotopic (exact) mass is 382 g/mol. The van der Waals surface area contributed by atoms with Crippen LogP contribution in [0, 0.1) is 0 Å². The standard InChI is InChI=1S/C20H22N4O2S/c1-2-21-20(25)26-13-15-6-3-4-9-17(15)27-16-10-11-18-22-23-19(24(18)12-16)14-7-5-8-14/h3-4,6,9-12,14H,2,5,7-8,13H2,1H3,(H,21,25). The molecule has 0 atom stereocenters. The van der Waals surface area contributed by atoms with Crippen LogP contribution in [0.4, 0.5) is 4.79 Å². The van der Waals surface area contributed by atoms with E-state index >= 15 is 0 Å². The van der Waals surface area contributed by atoms with E-state index < -0.39 is 6.09 Å². The summed E-state index contributed by atoms with van der Waals surface area (Å²) in [5.41, 5.74) is 1.87. The van der Waals surface area contributed by atoms with Crippen molar-refractivity contribution in [2.45, 2.75) is 48.5 Å². The lowest BCUT2D eigenvalue weighted by atomic mass is 9.85. The highest BCUT2D eigenvalue weighted by atomic mass is 32.2. The Hall–Kier alpha value is -2.54. The third-order valence-electron chi connectivity index (χ3n) is 4.75. The van der Waals surface area contributed by atoms with E-state index in [1.165, 1.54) is 19.3 Å². The summed E-state index contributed by atoms with van der Waals surface area (Å²) in [7, 11) is 0. The molecule has 2 heterocycles. The van der Waals surface area contributed by atoms with Crippen molar-refractivity contribution in [3.05, 3.63) is 54.0 Å². The van der Waals surface area contributed by atoms with E-state index in [9.17, 15) is 4.79 Å². The second kappa shape index (κ2) is 8.00. The summed E-state index contributed by atoms with van der Waals surface area (Å²) in [4.78, 5) is 13.8. The molecular weight excluding hydrogens is 360 g/mol. The Labute approximate surface area is 162 Å². The number of benzene rings is 1. The molecule has 2 aromatic heterocycles. The number of aromatic nitrogens is 3. The number of alkyl carbamates (subject to hydrolysis) is 1. The predicted molar refractivity (Wildman–Crippen MR) is 104 cm³/mol. The smallest absolute Gasteiger partial charge is 0.407 e. The highest BCUT2D eigenvalue weighted by Crippen LogP contribution is 2.36. The second-order valence-electron chi connectivity index (χ2n) is 6.60. The van der Waals surface area contributed by atoms with Gasteiger partial charge in [0.05, 0.1) is 0 Å². The summed E-state index contributed by atoms with van der Waals surface area (Å²) < 4.78 is 7.40. The van der Waals surface area contributed by atoms with E-state index in [1.807, 2.05) is 37.3 Å². The molecule has 0 aliphatic heterocycles. The van der Waals surface area contributed by atoms with E-state index in [2.05, 4.69) is 32.2 Å². The highest BCUT2D eigenvalue weighted by molar-refractivity contribution is 7.99.